The largest absolute Gasteiger partial charge is 0.393 e. The van der Waals surface area contributed by atoms with Gasteiger partial charge in [0.05, 0.1) is 24.4 Å². The highest BCUT2D eigenvalue weighted by atomic mass is 16.5. The predicted molar refractivity (Wildman–Crippen MR) is 108 cm³/mol. The minimum Gasteiger partial charge on any atom is -0.393 e. The van der Waals surface area contributed by atoms with E-state index >= 15 is 0 Å². The molecule has 0 aromatic carbocycles. The number of rotatable bonds is 3. The third-order valence-corrected chi connectivity index (χ3v) is 9.76. The Bertz CT molecular complexity index is 546. The first-order valence-electron chi connectivity index (χ1n) is 11.7. The third-order valence-electron chi connectivity index (χ3n) is 9.76. The first kappa shape index (κ1) is 20.2. The van der Waals surface area contributed by atoms with Crippen molar-refractivity contribution in [3.63, 3.8) is 0 Å². The molecule has 3 nitrogen and oxygen atoms in total. The number of aliphatic hydroxyl groups is 2. The normalized spacial score (nSPS) is 53.6. The summed E-state index contributed by atoms with van der Waals surface area (Å²) in [6.07, 6.45) is 9.38. The maximum absolute atomic E-state index is 10.7. The van der Waals surface area contributed by atoms with Crippen LogP contribution in [0.1, 0.15) is 86.0 Å². The summed E-state index contributed by atoms with van der Waals surface area (Å²) in [7, 11) is 0. The van der Waals surface area contributed by atoms with Crippen LogP contribution in [0.15, 0.2) is 0 Å². The van der Waals surface area contributed by atoms with Crippen molar-refractivity contribution in [2.45, 2.75) is 110 Å². The van der Waals surface area contributed by atoms with E-state index < -0.39 is 0 Å². The molecule has 10 atom stereocenters. The van der Waals surface area contributed by atoms with E-state index in [0.29, 0.717) is 22.7 Å². The van der Waals surface area contributed by atoms with Crippen LogP contribution in [0.5, 0.6) is 0 Å². The van der Waals surface area contributed by atoms with Crippen LogP contribution in [-0.4, -0.2) is 34.6 Å². The number of ether oxygens (including phenoxy) is 1. The van der Waals surface area contributed by atoms with Gasteiger partial charge in [-0.15, -0.1) is 0 Å². The minimum atomic E-state index is -0.290. The van der Waals surface area contributed by atoms with Crippen LogP contribution in [0.2, 0.25) is 0 Å². The average molecular weight is 379 g/mol. The van der Waals surface area contributed by atoms with Crippen molar-refractivity contribution in [3.05, 3.63) is 0 Å². The van der Waals surface area contributed by atoms with E-state index in [0.717, 1.165) is 30.6 Å². The van der Waals surface area contributed by atoms with Crippen LogP contribution in [-0.2, 0) is 4.74 Å². The molecule has 0 amide bonds. The van der Waals surface area contributed by atoms with E-state index in [9.17, 15) is 10.2 Å². The molecule has 0 aliphatic heterocycles. The van der Waals surface area contributed by atoms with Crippen LogP contribution in [0, 0.1) is 40.4 Å². The van der Waals surface area contributed by atoms with Crippen LogP contribution in [0.25, 0.3) is 0 Å². The fraction of sp³-hybridized carbons (Fsp3) is 1.00. The maximum Gasteiger partial charge on any atom is 0.0842 e. The molecular formula is C24H42O3. The van der Waals surface area contributed by atoms with E-state index in [1.807, 2.05) is 6.92 Å². The van der Waals surface area contributed by atoms with Gasteiger partial charge in [-0.2, -0.15) is 0 Å². The molecule has 0 heterocycles. The minimum absolute atomic E-state index is 0.00657. The standard InChI is InChI=1S/C24H42O3/c1-14(2)27-22-13-24(5)16(12-21(22)26)6-7-17-19-9-8-18(15(3)25)23(19,4)11-10-20(17)24/h14-22,25-26H,6-13H2,1-5H3/t15?,16?,17-,18+,19-,20-,21?,22?,23+,24-/m0/s1. The van der Waals surface area contributed by atoms with Gasteiger partial charge in [0, 0.05) is 0 Å². The molecule has 4 rings (SSSR count). The second-order valence-corrected chi connectivity index (χ2v) is 11.4. The van der Waals surface area contributed by atoms with Gasteiger partial charge in [-0.1, -0.05) is 13.8 Å². The van der Waals surface area contributed by atoms with Crippen molar-refractivity contribution >= 4 is 0 Å². The lowest BCUT2D eigenvalue weighted by atomic mass is 9.44. The topological polar surface area (TPSA) is 49.7 Å². The summed E-state index contributed by atoms with van der Waals surface area (Å²) in [6, 6.07) is 0. The van der Waals surface area contributed by atoms with E-state index in [-0.39, 0.29) is 24.4 Å². The van der Waals surface area contributed by atoms with Crippen molar-refractivity contribution < 1.29 is 14.9 Å². The number of aliphatic hydroxyl groups excluding tert-OH is 2. The SMILES string of the molecule is CC(C)OC1C[C@@]2(C)C(CC[C@H]3[C@@H]4CC[C@H](C(C)O)[C@@]4(C)CC[C@@H]32)CC1O. The first-order valence-corrected chi connectivity index (χ1v) is 11.7. The summed E-state index contributed by atoms with van der Waals surface area (Å²) in [4.78, 5) is 0. The molecule has 27 heavy (non-hydrogen) atoms. The number of hydrogen-bond acceptors (Lipinski definition) is 3. The van der Waals surface area contributed by atoms with Gasteiger partial charge in [-0.05, 0) is 113 Å². The smallest absolute Gasteiger partial charge is 0.0842 e. The summed E-state index contributed by atoms with van der Waals surface area (Å²) in [6.45, 7) is 11.2. The first-order chi connectivity index (χ1) is 12.7. The molecule has 4 aliphatic rings. The van der Waals surface area contributed by atoms with Gasteiger partial charge in [0.2, 0.25) is 0 Å². The van der Waals surface area contributed by atoms with E-state index in [1.54, 1.807) is 0 Å². The van der Waals surface area contributed by atoms with Gasteiger partial charge < -0.3 is 14.9 Å². The van der Waals surface area contributed by atoms with Crippen LogP contribution in [0.4, 0.5) is 0 Å². The van der Waals surface area contributed by atoms with Crippen molar-refractivity contribution in [1.29, 1.82) is 0 Å². The molecule has 4 saturated carbocycles. The zero-order valence-electron chi connectivity index (χ0n) is 18.2. The molecule has 0 radical (unpaired) electrons. The highest BCUT2D eigenvalue weighted by molar-refractivity contribution is 5.10. The van der Waals surface area contributed by atoms with Gasteiger partial charge >= 0.3 is 0 Å². The number of fused-ring (bicyclic) bond motifs is 5. The van der Waals surface area contributed by atoms with Crippen molar-refractivity contribution in [1.82, 2.24) is 0 Å². The van der Waals surface area contributed by atoms with Crippen molar-refractivity contribution in [2.75, 3.05) is 0 Å². The molecule has 2 N–H and O–H groups in total. The summed E-state index contributed by atoms with van der Waals surface area (Å²) < 4.78 is 6.17. The molecule has 4 aliphatic carbocycles. The monoisotopic (exact) mass is 378 g/mol. The van der Waals surface area contributed by atoms with E-state index in [2.05, 4.69) is 27.7 Å². The zero-order valence-corrected chi connectivity index (χ0v) is 18.2. The van der Waals surface area contributed by atoms with Gasteiger partial charge in [-0.25, -0.2) is 0 Å². The quantitative estimate of drug-likeness (QED) is 0.742. The van der Waals surface area contributed by atoms with E-state index in [4.69, 9.17) is 4.74 Å². The fourth-order valence-corrected chi connectivity index (χ4v) is 8.57. The molecule has 0 saturated heterocycles. The lowest BCUT2D eigenvalue weighted by Crippen LogP contribution is -2.57. The van der Waals surface area contributed by atoms with Gasteiger partial charge in [0.25, 0.3) is 0 Å². The molecule has 4 unspecified atom stereocenters. The summed E-state index contributed by atoms with van der Waals surface area (Å²) >= 11 is 0. The molecular weight excluding hydrogens is 336 g/mol. The van der Waals surface area contributed by atoms with E-state index in [1.165, 1.54) is 38.5 Å². The average Bonchev–Trinajstić information content (AvgIpc) is 2.93. The Balaban J connectivity index is 1.58. The Kier molecular flexibility index (Phi) is 5.22. The second-order valence-electron chi connectivity index (χ2n) is 11.4. The number of hydrogen-bond donors (Lipinski definition) is 2. The molecule has 0 bridgehead atoms. The lowest BCUT2D eigenvalue weighted by molar-refractivity contribution is -0.181. The van der Waals surface area contributed by atoms with Gasteiger partial charge in [0.15, 0.2) is 0 Å². The van der Waals surface area contributed by atoms with Crippen LogP contribution < -0.4 is 0 Å². The van der Waals surface area contributed by atoms with Crippen molar-refractivity contribution in [2.24, 2.45) is 40.4 Å². The lowest BCUT2D eigenvalue weighted by Gasteiger charge is -2.62. The fourth-order valence-electron chi connectivity index (χ4n) is 8.57. The Labute approximate surface area is 166 Å². The third kappa shape index (κ3) is 3.11. The second kappa shape index (κ2) is 6.99. The summed E-state index contributed by atoms with van der Waals surface area (Å²) in [5.41, 5.74) is 0.645. The Morgan fingerprint density at radius 1 is 0.926 bits per heavy atom. The molecule has 0 spiro atoms. The van der Waals surface area contributed by atoms with Gasteiger partial charge in [0.1, 0.15) is 0 Å². The van der Waals surface area contributed by atoms with Gasteiger partial charge in [-0.3, -0.25) is 0 Å². The maximum atomic E-state index is 10.7. The molecule has 0 aromatic heterocycles. The summed E-state index contributed by atoms with van der Waals surface area (Å²) in [5, 5.41) is 21.1. The Morgan fingerprint density at radius 2 is 1.63 bits per heavy atom. The Morgan fingerprint density at radius 3 is 2.30 bits per heavy atom. The van der Waals surface area contributed by atoms with Crippen LogP contribution >= 0.6 is 0 Å². The summed E-state index contributed by atoms with van der Waals surface area (Å²) in [5.74, 6) is 3.50. The highest BCUT2D eigenvalue weighted by Crippen LogP contribution is 2.67. The molecule has 4 fully saturated rings. The predicted octanol–water partition coefficient (Wildman–Crippen LogP) is 4.79. The zero-order chi connectivity index (χ0) is 19.6. The van der Waals surface area contributed by atoms with Crippen molar-refractivity contribution in [3.8, 4) is 0 Å². The molecule has 156 valence electrons. The Hall–Kier alpha value is -0.120. The van der Waals surface area contributed by atoms with Crippen LogP contribution in [0.3, 0.4) is 0 Å². The highest BCUT2D eigenvalue weighted by Gasteiger charge is 2.61. The molecule has 3 heteroatoms. The molecule has 0 aromatic rings.